The molecule has 0 saturated heterocycles. The van der Waals surface area contributed by atoms with Crippen molar-refractivity contribution < 1.29 is 0 Å². The SMILES string of the molecule is CC1CC(NCCCN(C)C(C)C)CC(C)(C)C1. The summed E-state index contributed by atoms with van der Waals surface area (Å²) in [6.07, 6.45) is 5.36. The molecular formula is C16H34N2. The zero-order valence-electron chi connectivity index (χ0n) is 13.4. The Morgan fingerprint density at radius 1 is 1.28 bits per heavy atom. The summed E-state index contributed by atoms with van der Waals surface area (Å²) in [6.45, 7) is 14.1. The number of nitrogens with one attached hydrogen (secondary N) is 1. The van der Waals surface area contributed by atoms with E-state index >= 15 is 0 Å². The van der Waals surface area contributed by atoms with Crippen molar-refractivity contribution >= 4 is 0 Å². The number of rotatable bonds is 6. The van der Waals surface area contributed by atoms with Crippen molar-refractivity contribution in [3.05, 3.63) is 0 Å². The number of hydrogen-bond acceptors (Lipinski definition) is 2. The Balaban J connectivity index is 2.19. The van der Waals surface area contributed by atoms with Gasteiger partial charge in [-0.2, -0.15) is 0 Å². The van der Waals surface area contributed by atoms with E-state index < -0.39 is 0 Å². The highest BCUT2D eigenvalue weighted by atomic mass is 15.1. The predicted molar refractivity (Wildman–Crippen MR) is 81.0 cm³/mol. The highest BCUT2D eigenvalue weighted by Crippen LogP contribution is 2.38. The van der Waals surface area contributed by atoms with Crippen molar-refractivity contribution in [1.29, 1.82) is 0 Å². The van der Waals surface area contributed by atoms with Crippen molar-refractivity contribution in [2.24, 2.45) is 11.3 Å². The van der Waals surface area contributed by atoms with Gasteiger partial charge < -0.3 is 10.2 Å². The third-order valence-corrected chi connectivity index (χ3v) is 4.39. The first-order chi connectivity index (χ1) is 8.30. The van der Waals surface area contributed by atoms with Crippen LogP contribution in [0.25, 0.3) is 0 Å². The molecule has 108 valence electrons. The summed E-state index contributed by atoms with van der Waals surface area (Å²) in [5, 5.41) is 3.78. The van der Waals surface area contributed by atoms with Crippen LogP contribution in [-0.4, -0.2) is 37.1 Å². The lowest BCUT2D eigenvalue weighted by atomic mass is 9.70. The van der Waals surface area contributed by atoms with Crippen molar-refractivity contribution in [3.8, 4) is 0 Å². The smallest absolute Gasteiger partial charge is 0.00746 e. The fraction of sp³-hybridized carbons (Fsp3) is 1.00. The van der Waals surface area contributed by atoms with Crippen LogP contribution in [-0.2, 0) is 0 Å². The van der Waals surface area contributed by atoms with Gasteiger partial charge in [0.15, 0.2) is 0 Å². The highest BCUT2D eigenvalue weighted by molar-refractivity contribution is 4.86. The second-order valence-electron chi connectivity index (χ2n) is 7.49. The normalized spacial score (nSPS) is 28.0. The fourth-order valence-corrected chi connectivity index (χ4v) is 3.39. The molecule has 0 amide bonds. The predicted octanol–water partition coefficient (Wildman–Crippen LogP) is 3.52. The quantitative estimate of drug-likeness (QED) is 0.730. The Bertz CT molecular complexity index is 235. The van der Waals surface area contributed by atoms with E-state index in [-0.39, 0.29) is 0 Å². The molecule has 1 rings (SSSR count). The summed E-state index contributed by atoms with van der Waals surface area (Å²) in [6, 6.07) is 1.41. The van der Waals surface area contributed by atoms with Crippen LogP contribution in [0.1, 0.15) is 60.3 Å². The van der Waals surface area contributed by atoms with E-state index in [1.807, 2.05) is 0 Å². The fourth-order valence-electron chi connectivity index (χ4n) is 3.39. The lowest BCUT2D eigenvalue weighted by Gasteiger charge is -2.39. The molecule has 0 aromatic carbocycles. The molecule has 2 nitrogen and oxygen atoms in total. The van der Waals surface area contributed by atoms with Crippen LogP contribution in [0.2, 0.25) is 0 Å². The minimum absolute atomic E-state index is 0.532. The van der Waals surface area contributed by atoms with Crippen LogP contribution in [0.5, 0.6) is 0 Å². The lowest BCUT2D eigenvalue weighted by Crippen LogP contribution is -2.41. The molecule has 0 spiro atoms. The molecule has 1 N–H and O–H groups in total. The summed E-state index contributed by atoms with van der Waals surface area (Å²) in [4.78, 5) is 2.43. The van der Waals surface area contributed by atoms with Crippen molar-refractivity contribution in [2.45, 2.75) is 72.4 Å². The Labute approximate surface area is 115 Å². The molecule has 1 aliphatic carbocycles. The third-order valence-electron chi connectivity index (χ3n) is 4.39. The molecule has 1 saturated carbocycles. The molecule has 0 aromatic rings. The van der Waals surface area contributed by atoms with Crippen LogP contribution in [0.3, 0.4) is 0 Å². The van der Waals surface area contributed by atoms with E-state index in [1.165, 1.54) is 38.8 Å². The monoisotopic (exact) mass is 254 g/mol. The summed E-state index contributed by atoms with van der Waals surface area (Å²) >= 11 is 0. The molecule has 18 heavy (non-hydrogen) atoms. The Morgan fingerprint density at radius 2 is 1.94 bits per heavy atom. The van der Waals surface area contributed by atoms with Crippen molar-refractivity contribution in [1.82, 2.24) is 10.2 Å². The largest absolute Gasteiger partial charge is 0.314 e. The van der Waals surface area contributed by atoms with Gasteiger partial charge in [0.1, 0.15) is 0 Å². The molecule has 0 bridgehead atoms. The van der Waals surface area contributed by atoms with E-state index in [4.69, 9.17) is 0 Å². The molecule has 2 unspecified atom stereocenters. The maximum atomic E-state index is 3.78. The maximum Gasteiger partial charge on any atom is 0.00746 e. The van der Waals surface area contributed by atoms with Crippen LogP contribution in [0, 0.1) is 11.3 Å². The molecule has 2 atom stereocenters. The van der Waals surface area contributed by atoms with E-state index in [0.717, 1.165) is 12.0 Å². The van der Waals surface area contributed by atoms with E-state index in [2.05, 4.69) is 51.9 Å². The van der Waals surface area contributed by atoms with Gasteiger partial charge in [-0.05, 0) is 71.0 Å². The van der Waals surface area contributed by atoms with Crippen LogP contribution < -0.4 is 5.32 Å². The van der Waals surface area contributed by atoms with Gasteiger partial charge >= 0.3 is 0 Å². The summed E-state index contributed by atoms with van der Waals surface area (Å²) < 4.78 is 0. The Morgan fingerprint density at radius 3 is 2.50 bits per heavy atom. The van der Waals surface area contributed by atoms with Gasteiger partial charge in [0.05, 0.1) is 0 Å². The summed E-state index contributed by atoms with van der Waals surface area (Å²) in [7, 11) is 2.22. The van der Waals surface area contributed by atoms with Gasteiger partial charge in [0.2, 0.25) is 0 Å². The average molecular weight is 254 g/mol. The first-order valence-corrected chi connectivity index (χ1v) is 7.74. The average Bonchev–Trinajstić information content (AvgIpc) is 2.21. The molecular weight excluding hydrogens is 220 g/mol. The van der Waals surface area contributed by atoms with E-state index in [9.17, 15) is 0 Å². The summed E-state index contributed by atoms with van der Waals surface area (Å²) in [5.41, 5.74) is 0.532. The van der Waals surface area contributed by atoms with E-state index in [0.29, 0.717) is 11.5 Å². The standard InChI is InChI=1S/C16H34N2/c1-13(2)18(6)9-7-8-17-15-10-14(3)11-16(4,5)12-15/h13-15,17H,7-12H2,1-6H3. The molecule has 0 radical (unpaired) electrons. The van der Waals surface area contributed by atoms with Crippen LogP contribution in [0.4, 0.5) is 0 Å². The minimum atomic E-state index is 0.532. The first kappa shape index (κ1) is 16.0. The molecule has 0 aromatic heterocycles. The van der Waals surface area contributed by atoms with Crippen molar-refractivity contribution in [3.63, 3.8) is 0 Å². The minimum Gasteiger partial charge on any atom is -0.314 e. The first-order valence-electron chi connectivity index (χ1n) is 7.74. The second kappa shape index (κ2) is 6.91. The van der Waals surface area contributed by atoms with Gasteiger partial charge in [-0.3, -0.25) is 0 Å². The topological polar surface area (TPSA) is 15.3 Å². The van der Waals surface area contributed by atoms with Gasteiger partial charge in [0.25, 0.3) is 0 Å². The second-order valence-corrected chi connectivity index (χ2v) is 7.49. The number of hydrogen-bond donors (Lipinski definition) is 1. The molecule has 1 aliphatic rings. The summed E-state index contributed by atoms with van der Waals surface area (Å²) in [5.74, 6) is 0.879. The van der Waals surface area contributed by atoms with Crippen molar-refractivity contribution in [2.75, 3.05) is 20.1 Å². The molecule has 0 heterocycles. The van der Waals surface area contributed by atoms with Crippen LogP contribution >= 0.6 is 0 Å². The molecule has 1 fully saturated rings. The Hall–Kier alpha value is -0.0800. The zero-order valence-corrected chi connectivity index (χ0v) is 13.4. The number of nitrogens with zero attached hydrogens (tertiary/aromatic N) is 1. The van der Waals surface area contributed by atoms with Gasteiger partial charge in [-0.1, -0.05) is 20.8 Å². The zero-order chi connectivity index (χ0) is 13.8. The lowest BCUT2D eigenvalue weighted by molar-refractivity contribution is 0.150. The van der Waals surface area contributed by atoms with E-state index in [1.54, 1.807) is 0 Å². The van der Waals surface area contributed by atoms with Crippen LogP contribution in [0.15, 0.2) is 0 Å². The van der Waals surface area contributed by atoms with Gasteiger partial charge in [0, 0.05) is 12.1 Å². The molecule has 2 heteroatoms. The molecule has 0 aliphatic heterocycles. The van der Waals surface area contributed by atoms with Gasteiger partial charge in [-0.15, -0.1) is 0 Å². The van der Waals surface area contributed by atoms with Gasteiger partial charge in [-0.25, -0.2) is 0 Å². The maximum absolute atomic E-state index is 3.78. The third kappa shape index (κ3) is 5.71. The highest BCUT2D eigenvalue weighted by Gasteiger charge is 2.31. The Kier molecular flexibility index (Phi) is 6.13.